The Bertz CT molecular complexity index is 469. The number of carbonyl (C=O) groups excluding carboxylic acids is 1. The molecule has 0 spiro atoms. The van der Waals surface area contributed by atoms with Crippen molar-refractivity contribution in [3.05, 3.63) is 35.9 Å². The van der Waals surface area contributed by atoms with E-state index in [9.17, 15) is 4.79 Å². The van der Waals surface area contributed by atoms with E-state index in [1.165, 1.54) is 5.56 Å². The molecule has 5 heteroatoms. The number of nitrogens with zero attached hydrogens (tertiary/aromatic N) is 1. The van der Waals surface area contributed by atoms with Gasteiger partial charge in [-0.15, -0.1) is 12.4 Å². The second kappa shape index (κ2) is 9.26. The van der Waals surface area contributed by atoms with Gasteiger partial charge in [-0.2, -0.15) is 0 Å². The Labute approximate surface area is 145 Å². The Hall–Kier alpha value is -1.10. The van der Waals surface area contributed by atoms with Crippen LogP contribution in [0.2, 0.25) is 0 Å². The zero-order valence-corrected chi connectivity index (χ0v) is 14.4. The van der Waals surface area contributed by atoms with E-state index in [4.69, 9.17) is 4.74 Å². The van der Waals surface area contributed by atoms with Gasteiger partial charge >= 0.3 is 0 Å². The molecule has 2 fully saturated rings. The Morgan fingerprint density at radius 2 is 1.91 bits per heavy atom. The number of amides is 1. The first-order chi connectivity index (χ1) is 10.8. The molecule has 2 saturated heterocycles. The molecule has 1 N–H and O–H groups in total. The molecular weight excluding hydrogens is 312 g/mol. The predicted molar refractivity (Wildman–Crippen MR) is 94.0 cm³/mol. The Morgan fingerprint density at radius 1 is 1.17 bits per heavy atom. The molecule has 0 radical (unpaired) electrons. The van der Waals surface area contributed by atoms with Crippen molar-refractivity contribution in [2.45, 2.75) is 44.2 Å². The molecule has 2 aliphatic rings. The zero-order valence-electron chi connectivity index (χ0n) is 13.6. The quantitative estimate of drug-likeness (QED) is 0.896. The molecule has 23 heavy (non-hydrogen) atoms. The fourth-order valence-electron chi connectivity index (χ4n) is 3.35. The van der Waals surface area contributed by atoms with Crippen LogP contribution in [-0.4, -0.2) is 49.2 Å². The molecule has 0 aliphatic carbocycles. The predicted octanol–water partition coefficient (Wildman–Crippen LogP) is 2.41. The Balaban J connectivity index is 0.00000192. The van der Waals surface area contributed by atoms with Crippen LogP contribution >= 0.6 is 12.4 Å². The average molecular weight is 339 g/mol. The van der Waals surface area contributed by atoms with Gasteiger partial charge in [0.1, 0.15) is 0 Å². The number of halogens is 1. The largest absolute Gasteiger partial charge is 0.378 e. The maximum atomic E-state index is 12.3. The summed E-state index contributed by atoms with van der Waals surface area (Å²) in [5, 5.41) is 3.29. The van der Waals surface area contributed by atoms with Crippen LogP contribution in [0.15, 0.2) is 30.3 Å². The molecule has 2 heterocycles. The normalized spacial score (nSPS) is 21.9. The minimum Gasteiger partial charge on any atom is -0.378 e. The summed E-state index contributed by atoms with van der Waals surface area (Å²) < 4.78 is 5.99. The van der Waals surface area contributed by atoms with Gasteiger partial charge in [0.15, 0.2) is 0 Å². The lowest BCUT2D eigenvalue weighted by Crippen LogP contribution is -2.48. The van der Waals surface area contributed by atoms with E-state index < -0.39 is 0 Å². The van der Waals surface area contributed by atoms with E-state index in [0.29, 0.717) is 12.0 Å². The number of piperidine rings is 1. The third-order valence-corrected chi connectivity index (χ3v) is 4.70. The van der Waals surface area contributed by atoms with Crippen molar-refractivity contribution in [2.24, 2.45) is 0 Å². The molecule has 2 aliphatic heterocycles. The second-order valence-electron chi connectivity index (χ2n) is 6.28. The van der Waals surface area contributed by atoms with Crippen LogP contribution < -0.4 is 5.32 Å². The van der Waals surface area contributed by atoms with Crippen LogP contribution in [0.3, 0.4) is 0 Å². The molecule has 1 atom stereocenters. The Morgan fingerprint density at radius 3 is 2.57 bits per heavy atom. The number of hydrogen-bond acceptors (Lipinski definition) is 3. The summed E-state index contributed by atoms with van der Waals surface area (Å²) in [6.45, 7) is 3.43. The van der Waals surface area contributed by atoms with Crippen LogP contribution in [0, 0.1) is 0 Å². The van der Waals surface area contributed by atoms with Gasteiger partial charge in [0, 0.05) is 13.1 Å². The topological polar surface area (TPSA) is 41.6 Å². The van der Waals surface area contributed by atoms with Gasteiger partial charge in [0.05, 0.1) is 18.8 Å². The molecule has 4 nitrogen and oxygen atoms in total. The summed E-state index contributed by atoms with van der Waals surface area (Å²) in [6.07, 6.45) is 5.32. The summed E-state index contributed by atoms with van der Waals surface area (Å²) in [4.78, 5) is 14.3. The van der Waals surface area contributed by atoms with Crippen molar-refractivity contribution in [3.63, 3.8) is 0 Å². The van der Waals surface area contributed by atoms with E-state index in [1.807, 2.05) is 11.0 Å². The highest BCUT2D eigenvalue weighted by atomic mass is 35.5. The second-order valence-corrected chi connectivity index (χ2v) is 6.28. The summed E-state index contributed by atoms with van der Waals surface area (Å²) in [6, 6.07) is 10.5. The number of hydrogen-bond donors (Lipinski definition) is 1. The van der Waals surface area contributed by atoms with Gasteiger partial charge in [0.2, 0.25) is 5.91 Å². The Kier molecular flexibility index (Phi) is 7.34. The molecule has 0 aromatic heterocycles. The molecular formula is C18H27ClN2O2. The van der Waals surface area contributed by atoms with Crippen LogP contribution in [0.5, 0.6) is 0 Å². The fraction of sp³-hybridized carbons (Fsp3) is 0.611. The summed E-state index contributed by atoms with van der Waals surface area (Å²) in [5.74, 6) is 0.292. The van der Waals surface area contributed by atoms with E-state index in [0.717, 1.165) is 58.3 Å². The van der Waals surface area contributed by atoms with Gasteiger partial charge in [-0.3, -0.25) is 4.79 Å². The summed E-state index contributed by atoms with van der Waals surface area (Å²) >= 11 is 0. The first-order valence-corrected chi connectivity index (χ1v) is 8.50. The minimum absolute atomic E-state index is 0. The zero-order chi connectivity index (χ0) is 15.2. The molecule has 0 bridgehead atoms. The van der Waals surface area contributed by atoms with Gasteiger partial charge in [0.25, 0.3) is 0 Å². The molecule has 3 rings (SSSR count). The first kappa shape index (κ1) is 18.2. The maximum Gasteiger partial charge on any atom is 0.239 e. The van der Waals surface area contributed by atoms with E-state index in [1.54, 1.807) is 0 Å². The average Bonchev–Trinajstić information content (AvgIpc) is 3.10. The van der Waals surface area contributed by atoms with Crippen LogP contribution in [0.4, 0.5) is 0 Å². The number of likely N-dealkylation sites (tertiary alicyclic amines) is 1. The van der Waals surface area contributed by atoms with Crippen LogP contribution in [0.1, 0.15) is 31.2 Å². The first-order valence-electron chi connectivity index (χ1n) is 8.50. The van der Waals surface area contributed by atoms with Crippen molar-refractivity contribution in [1.29, 1.82) is 0 Å². The van der Waals surface area contributed by atoms with E-state index in [-0.39, 0.29) is 18.4 Å². The molecule has 1 aromatic carbocycles. The summed E-state index contributed by atoms with van der Waals surface area (Å²) in [5.41, 5.74) is 1.32. The molecule has 0 saturated carbocycles. The molecule has 1 amide bonds. The van der Waals surface area contributed by atoms with Crippen LogP contribution in [-0.2, 0) is 16.0 Å². The lowest BCUT2D eigenvalue weighted by molar-refractivity contribution is -0.135. The third-order valence-electron chi connectivity index (χ3n) is 4.70. The number of nitrogens with one attached hydrogen (secondary N) is 1. The van der Waals surface area contributed by atoms with Crippen LogP contribution in [0.25, 0.3) is 0 Å². The lowest BCUT2D eigenvalue weighted by atomic mass is 10.1. The van der Waals surface area contributed by atoms with Gasteiger partial charge in [-0.25, -0.2) is 0 Å². The van der Waals surface area contributed by atoms with E-state index in [2.05, 4.69) is 29.6 Å². The number of carbonyl (C=O) groups is 1. The molecule has 1 unspecified atom stereocenters. The highest BCUT2D eigenvalue weighted by Gasteiger charge is 2.29. The third kappa shape index (κ3) is 5.20. The standard InChI is InChI=1S/C18H26N2O2.ClH/c21-18(17-7-4-11-19-17)20-12-8-16(9-13-20)22-14-10-15-5-2-1-3-6-15;/h1-3,5-6,16-17,19H,4,7-14H2;1H. The van der Waals surface area contributed by atoms with Gasteiger partial charge < -0.3 is 15.0 Å². The smallest absolute Gasteiger partial charge is 0.239 e. The molecule has 1 aromatic rings. The number of ether oxygens (including phenoxy) is 1. The van der Waals surface area contributed by atoms with Crippen molar-refractivity contribution >= 4 is 18.3 Å². The minimum atomic E-state index is 0. The monoisotopic (exact) mass is 338 g/mol. The number of rotatable bonds is 5. The maximum absolute atomic E-state index is 12.3. The fourth-order valence-corrected chi connectivity index (χ4v) is 3.35. The van der Waals surface area contributed by atoms with Gasteiger partial charge in [-0.1, -0.05) is 30.3 Å². The van der Waals surface area contributed by atoms with Crippen molar-refractivity contribution < 1.29 is 9.53 Å². The lowest BCUT2D eigenvalue weighted by Gasteiger charge is -2.33. The highest BCUT2D eigenvalue weighted by Crippen LogP contribution is 2.17. The number of benzene rings is 1. The van der Waals surface area contributed by atoms with E-state index >= 15 is 0 Å². The van der Waals surface area contributed by atoms with Crippen molar-refractivity contribution in [3.8, 4) is 0 Å². The van der Waals surface area contributed by atoms with Crippen molar-refractivity contribution in [1.82, 2.24) is 10.2 Å². The van der Waals surface area contributed by atoms with Crippen molar-refractivity contribution in [2.75, 3.05) is 26.2 Å². The SMILES string of the molecule is Cl.O=C(C1CCCN1)N1CCC(OCCc2ccccc2)CC1. The summed E-state index contributed by atoms with van der Waals surface area (Å²) in [7, 11) is 0. The molecule has 128 valence electrons. The van der Waals surface area contributed by atoms with Gasteiger partial charge in [-0.05, 0) is 44.2 Å². The highest BCUT2D eigenvalue weighted by molar-refractivity contribution is 5.85.